The molecular formula is C28H31N5O2. The Morgan fingerprint density at radius 3 is 2.49 bits per heavy atom. The second-order valence-electron chi connectivity index (χ2n) is 9.25. The van der Waals surface area contributed by atoms with E-state index >= 15 is 0 Å². The summed E-state index contributed by atoms with van der Waals surface area (Å²) in [5, 5.41) is 4.11. The van der Waals surface area contributed by atoms with Gasteiger partial charge in [-0.3, -0.25) is 9.78 Å². The summed E-state index contributed by atoms with van der Waals surface area (Å²) >= 11 is 0. The van der Waals surface area contributed by atoms with E-state index in [4.69, 9.17) is 15.5 Å². The molecule has 1 aliphatic carbocycles. The van der Waals surface area contributed by atoms with Crippen LogP contribution in [-0.2, 0) is 19.6 Å². The van der Waals surface area contributed by atoms with E-state index in [0.717, 1.165) is 43.5 Å². The highest BCUT2D eigenvalue weighted by molar-refractivity contribution is 5.79. The van der Waals surface area contributed by atoms with Crippen LogP contribution >= 0.6 is 0 Å². The standard InChI is InChI=1S/C28H31N5O2/c29-21-8-10-22(11-9-21)31-17-25-27-24(14-15-30-25)28(34)33-26(32-27)18-35-23-12-6-20(7-13-23)16-19-4-2-1-3-5-19/h1-7,12-15,21-22,31H,8-11,16-18,29H2,(H,32,33,34)/t21-,22-. The van der Waals surface area contributed by atoms with E-state index in [2.05, 4.69) is 39.6 Å². The number of rotatable bonds is 8. The summed E-state index contributed by atoms with van der Waals surface area (Å²) in [4.78, 5) is 24.8. The minimum absolute atomic E-state index is 0.172. The zero-order chi connectivity index (χ0) is 24.0. The quantitative estimate of drug-likeness (QED) is 0.362. The summed E-state index contributed by atoms with van der Waals surface area (Å²) in [5.41, 5.74) is 9.71. The molecular weight excluding hydrogens is 438 g/mol. The molecule has 4 N–H and O–H groups in total. The first kappa shape index (κ1) is 23.2. The number of hydrogen-bond acceptors (Lipinski definition) is 6. The lowest BCUT2D eigenvalue weighted by Crippen LogP contribution is -2.37. The fourth-order valence-corrected chi connectivity index (χ4v) is 4.62. The number of aromatic amines is 1. The van der Waals surface area contributed by atoms with Gasteiger partial charge in [-0.1, -0.05) is 42.5 Å². The Balaban J connectivity index is 1.25. The van der Waals surface area contributed by atoms with Gasteiger partial charge in [-0.25, -0.2) is 4.98 Å². The van der Waals surface area contributed by atoms with Crippen LogP contribution in [0.3, 0.4) is 0 Å². The van der Waals surface area contributed by atoms with E-state index in [1.54, 1.807) is 12.3 Å². The van der Waals surface area contributed by atoms with E-state index in [0.29, 0.717) is 35.4 Å². The molecule has 7 nitrogen and oxygen atoms in total. The van der Waals surface area contributed by atoms with E-state index in [9.17, 15) is 4.79 Å². The first-order valence-corrected chi connectivity index (χ1v) is 12.3. The number of ether oxygens (including phenoxy) is 1. The highest BCUT2D eigenvalue weighted by Crippen LogP contribution is 2.19. The minimum atomic E-state index is -0.181. The third kappa shape index (κ3) is 5.93. The van der Waals surface area contributed by atoms with Gasteiger partial charge in [0.1, 0.15) is 23.7 Å². The molecule has 0 atom stereocenters. The lowest BCUT2D eigenvalue weighted by atomic mass is 9.92. The van der Waals surface area contributed by atoms with Crippen molar-refractivity contribution in [1.29, 1.82) is 0 Å². The number of nitrogens with one attached hydrogen (secondary N) is 2. The number of nitrogens with two attached hydrogens (primary N) is 1. The lowest BCUT2D eigenvalue weighted by Gasteiger charge is -2.26. The van der Waals surface area contributed by atoms with Crippen LogP contribution in [0.2, 0.25) is 0 Å². The van der Waals surface area contributed by atoms with Gasteiger partial charge >= 0.3 is 0 Å². The maximum atomic E-state index is 12.7. The molecule has 2 aromatic carbocycles. The summed E-state index contributed by atoms with van der Waals surface area (Å²) in [7, 11) is 0. The predicted octanol–water partition coefficient (Wildman–Crippen LogP) is 3.85. The second-order valence-corrected chi connectivity index (χ2v) is 9.25. The molecule has 4 aromatic rings. The van der Waals surface area contributed by atoms with Gasteiger partial charge in [0.2, 0.25) is 0 Å². The molecule has 0 amide bonds. The highest BCUT2D eigenvalue weighted by Gasteiger charge is 2.19. The summed E-state index contributed by atoms with van der Waals surface area (Å²) in [6.07, 6.45) is 6.73. The summed E-state index contributed by atoms with van der Waals surface area (Å²) in [6.45, 7) is 0.738. The molecule has 0 spiro atoms. The Hall–Kier alpha value is -3.55. The van der Waals surface area contributed by atoms with Crippen LogP contribution in [0.1, 0.15) is 48.3 Å². The first-order chi connectivity index (χ1) is 17.1. The Morgan fingerprint density at radius 1 is 0.971 bits per heavy atom. The molecule has 2 aromatic heterocycles. The fourth-order valence-electron chi connectivity index (χ4n) is 4.62. The number of aromatic nitrogens is 3. The van der Waals surface area contributed by atoms with Gasteiger partial charge in [0.05, 0.1) is 11.1 Å². The zero-order valence-electron chi connectivity index (χ0n) is 19.7. The van der Waals surface area contributed by atoms with E-state index in [1.165, 1.54) is 11.1 Å². The molecule has 1 aliphatic rings. The minimum Gasteiger partial charge on any atom is -0.486 e. The molecule has 0 radical (unpaired) electrons. The summed E-state index contributed by atoms with van der Waals surface area (Å²) in [5.74, 6) is 1.21. The van der Waals surface area contributed by atoms with Crippen molar-refractivity contribution in [2.24, 2.45) is 5.73 Å². The van der Waals surface area contributed by atoms with Gasteiger partial charge in [0.15, 0.2) is 0 Å². The van der Waals surface area contributed by atoms with Crippen LogP contribution in [0.5, 0.6) is 5.75 Å². The number of pyridine rings is 1. The van der Waals surface area contributed by atoms with Crippen molar-refractivity contribution < 1.29 is 4.74 Å². The van der Waals surface area contributed by atoms with Crippen molar-refractivity contribution in [2.45, 2.75) is 57.3 Å². The van der Waals surface area contributed by atoms with E-state index < -0.39 is 0 Å². The van der Waals surface area contributed by atoms with Crippen LogP contribution in [-0.4, -0.2) is 27.0 Å². The van der Waals surface area contributed by atoms with Crippen molar-refractivity contribution in [2.75, 3.05) is 0 Å². The van der Waals surface area contributed by atoms with Gasteiger partial charge in [-0.2, -0.15) is 0 Å². The van der Waals surface area contributed by atoms with Crippen molar-refractivity contribution in [1.82, 2.24) is 20.3 Å². The van der Waals surface area contributed by atoms with Gasteiger partial charge in [-0.05, 0) is 61.4 Å². The molecule has 0 unspecified atom stereocenters. The average Bonchev–Trinajstić information content (AvgIpc) is 2.89. The molecule has 0 bridgehead atoms. The van der Waals surface area contributed by atoms with Crippen LogP contribution < -0.4 is 21.3 Å². The van der Waals surface area contributed by atoms with Crippen LogP contribution in [0.15, 0.2) is 71.7 Å². The van der Waals surface area contributed by atoms with Crippen molar-refractivity contribution in [3.63, 3.8) is 0 Å². The molecule has 7 heteroatoms. The van der Waals surface area contributed by atoms with E-state index in [-0.39, 0.29) is 12.2 Å². The third-order valence-corrected chi connectivity index (χ3v) is 6.63. The normalized spacial score (nSPS) is 18.0. The maximum absolute atomic E-state index is 12.7. The second kappa shape index (κ2) is 10.8. The first-order valence-electron chi connectivity index (χ1n) is 12.3. The third-order valence-electron chi connectivity index (χ3n) is 6.63. The van der Waals surface area contributed by atoms with Gasteiger partial charge in [0, 0.05) is 24.8 Å². The summed E-state index contributed by atoms with van der Waals surface area (Å²) < 4.78 is 5.93. The zero-order valence-corrected chi connectivity index (χ0v) is 19.7. The monoisotopic (exact) mass is 469 g/mol. The Morgan fingerprint density at radius 2 is 1.71 bits per heavy atom. The fraction of sp³-hybridized carbons (Fsp3) is 0.321. The van der Waals surface area contributed by atoms with Crippen LogP contribution in [0.4, 0.5) is 0 Å². The smallest absolute Gasteiger partial charge is 0.258 e. The number of hydrogen-bond donors (Lipinski definition) is 3. The Kier molecular flexibility index (Phi) is 7.16. The lowest BCUT2D eigenvalue weighted by molar-refractivity contribution is 0.296. The average molecular weight is 470 g/mol. The molecule has 35 heavy (non-hydrogen) atoms. The van der Waals surface area contributed by atoms with Crippen molar-refractivity contribution >= 4 is 10.9 Å². The number of benzene rings is 2. The Bertz CT molecular complexity index is 1310. The molecule has 5 rings (SSSR count). The maximum Gasteiger partial charge on any atom is 0.258 e. The SMILES string of the molecule is N[C@H]1CC[C@H](NCc2nccc3c(=O)[nH]c(COc4ccc(Cc5ccccc5)cc4)nc23)CC1. The van der Waals surface area contributed by atoms with Gasteiger partial charge in [-0.15, -0.1) is 0 Å². The number of nitrogens with zero attached hydrogens (tertiary/aromatic N) is 2. The molecule has 1 fully saturated rings. The largest absolute Gasteiger partial charge is 0.486 e. The van der Waals surface area contributed by atoms with Crippen LogP contribution in [0, 0.1) is 0 Å². The molecule has 180 valence electrons. The number of fused-ring (bicyclic) bond motifs is 1. The van der Waals surface area contributed by atoms with E-state index in [1.807, 2.05) is 30.3 Å². The molecule has 0 saturated heterocycles. The van der Waals surface area contributed by atoms with Crippen molar-refractivity contribution in [3.05, 3.63) is 99.9 Å². The summed E-state index contributed by atoms with van der Waals surface area (Å²) in [6, 6.07) is 20.8. The molecule has 0 aliphatic heterocycles. The predicted molar refractivity (Wildman–Crippen MR) is 137 cm³/mol. The Labute approximate surface area is 204 Å². The van der Waals surface area contributed by atoms with Gasteiger partial charge in [0.25, 0.3) is 5.56 Å². The van der Waals surface area contributed by atoms with Crippen LogP contribution in [0.25, 0.3) is 10.9 Å². The molecule has 1 saturated carbocycles. The number of H-pyrrole nitrogens is 1. The van der Waals surface area contributed by atoms with Gasteiger partial charge < -0.3 is 20.8 Å². The highest BCUT2D eigenvalue weighted by atomic mass is 16.5. The topological polar surface area (TPSA) is 106 Å². The van der Waals surface area contributed by atoms with Crippen molar-refractivity contribution in [3.8, 4) is 5.75 Å². The molecule has 2 heterocycles.